The van der Waals surface area contributed by atoms with Gasteiger partial charge >= 0.3 is 0 Å². The van der Waals surface area contributed by atoms with Gasteiger partial charge in [-0.15, -0.1) is 0 Å². The molecule has 0 radical (unpaired) electrons. The molecule has 5 heterocycles. The fourth-order valence-electron chi connectivity index (χ4n) is 4.23. The lowest BCUT2D eigenvalue weighted by Gasteiger charge is -2.12. The standard InChI is InChI=1S/C27H28FN9/c1-6-8-18(32-15(3)4)11-17(7-2)23-22(28)21-19(12-30-23)35-36-25(21)27-33-24-20(9-10-29-26(24)34-27)37-13-16(5)31-14-37/h6-15,32H,1-5H3,(H,35,36)(H,29,33,34)/b8-6+,17-7+,18-11+. The number of nitrogens with zero attached hydrogens (tertiary/aromatic N) is 6. The molecule has 0 aliphatic heterocycles. The lowest BCUT2D eigenvalue weighted by molar-refractivity contribution is 0.629. The van der Waals surface area contributed by atoms with Gasteiger partial charge in [-0.1, -0.05) is 12.2 Å². The lowest BCUT2D eigenvalue weighted by Crippen LogP contribution is -2.21. The zero-order valence-electron chi connectivity index (χ0n) is 21.3. The summed E-state index contributed by atoms with van der Waals surface area (Å²) in [6, 6.07) is 2.09. The summed E-state index contributed by atoms with van der Waals surface area (Å²) < 4.78 is 18.0. The van der Waals surface area contributed by atoms with Gasteiger partial charge in [-0.25, -0.2) is 19.3 Å². The highest BCUT2D eigenvalue weighted by Crippen LogP contribution is 2.32. The lowest BCUT2D eigenvalue weighted by atomic mass is 10.1. The van der Waals surface area contributed by atoms with Gasteiger partial charge in [-0.3, -0.25) is 10.1 Å². The number of hydrogen-bond donors (Lipinski definition) is 3. The van der Waals surface area contributed by atoms with Crippen LogP contribution in [-0.4, -0.2) is 45.7 Å². The van der Waals surface area contributed by atoms with Crippen LogP contribution in [0, 0.1) is 12.7 Å². The zero-order valence-corrected chi connectivity index (χ0v) is 21.3. The molecule has 0 aliphatic rings. The number of allylic oxidation sites excluding steroid dienone is 5. The Hall–Kier alpha value is -4.60. The smallest absolute Gasteiger partial charge is 0.180 e. The van der Waals surface area contributed by atoms with Crippen LogP contribution in [0.3, 0.4) is 0 Å². The monoisotopic (exact) mass is 497 g/mol. The van der Waals surface area contributed by atoms with E-state index in [2.05, 4.69) is 54.3 Å². The van der Waals surface area contributed by atoms with Crippen molar-refractivity contribution in [2.45, 2.75) is 40.7 Å². The average Bonchev–Trinajstić information content (AvgIpc) is 3.60. The van der Waals surface area contributed by atoms with E-state index in [4.69, 9.17) is 0 Å². The third-order valence-corrected chi connectivity index (χ3v) is 5.83. The predicted octanol–water partition coefficient (Wildman–Crippen LogP) is 5.39. The van der Waals surface area contributed by atoms with Crippen LogP contribution in [0.25, 0.3) is 44.8 Å². The van der Waals surface area contributed by atoms with Crippen molar-refractivity contribution in [3.8, 4) is 17.2 Å². The van der Waals surface area contributed by atoms with Crippen molar-refractivity contribution in [3.63, 3.8) is 0 Å². The Kier molecular flexibility index (Phi) is 6.39. The molecule has 5 aromatic heterocycles. The molecule has 9 nitrogen and oxygen atoms in total. The first kappa shape index (κ1) is 24.1. The summed E-state index contributed by atoms with van der Waals surface area (Å²) in [4.78, 5) is 21.0. The minimum absolute atomic E-state index is 0.221. The fourth-order valence-corrected chi connectivity index (χ4v) is 4.23. The normalized spacial score (nSPS) is 13.1. The number of H-pyrrole nitrogens is 2. The van der Waals surface area contributed by atoms with Crippen molar-refractivity contribution < 1.29 is 4.39 Å². The summed E-state index contributed by atoms with van der Waals surface area (Å²) in [5.41, 5.74) is 5.50. The van der Waals surface area contributed by atoms with E-state index >= 15 is 4.39 Å². The molecule has 0 aromatic carbocycles. The highest BCUT2D eigenvalue weighted by atomic mass is 19.1. The van der Waals surface area contributed by atoms with Crippen LogP contribution in [-0.2, 0) is 0 Å². The van der Waals surface area contributed by atoms with Crippen LogP contribution in [0.2, 0.25) is 0 Å². The predicted molar refractivity (Wildman–Crippen MR) is 143 cm³/mol. The maximum Gasteiger partial charge on any atom is 0.180 e. The van der Waals surface area contributed by atoms with Crippen LogP contribution < -0.4 is 5.32 Å². The number of imidazole rings is 2. The van der Waals surface area contributed by atoms with Gasteiger partial charge < -0.3 is 14.9 Å². The Bertz CT molecular complexity index is 1680. The van der Waals surface area contributed by atoms with Crippen LogP contribution in [0.4, 0.5) is 4.39 Å². The van der Waals surface area contributed by atoms with Crippen molar-refractivity contribution in [1.82, 2.24) is 45.0 Å². The largest absolute Gasteiger partial charge is 0.383 e. The molecule has 0 saturated carbocycles. The summed E-state index contributed by atoms with van der Waals surface area (Å²) in [6.45, 7) is 9.83. The maximum atomic E-state index is 16.1. The number of aromatic nitrogens is 8. The molecule has 188 valence electrons. The molecule has 0 atom stereocenters. The first-order valence-corrected chi connectivity index (χ1v) is 12.1. The molecule has 0 unspecified atom stereocenters. The number of nitrogens with one attached hydrogen (secondary N) is 3. The second-order valence-electron chi connectivity index (χ2n) is 8.96. The third kappa shape index (κ3) is 4.53. The zero-order chi connectivity index (χ0) is 26.1. The van der Waals surface area contributed by atoms with Crippen LogP contribution >= 0.6 is 0 Å². The summed E-state index contributed by atoms with van der Waals surface area (Å²) >= 11 is 0. The van der Waals surface area contributed by atoms with E-state index in [9.17, 15) is 0 Å². The Morgan fingerprint density at radius 1 is 1.19 bits per heavy atom. The van der Waals surface area contributed by atoms with Gasteiger partial charge in [-0.2, -0.15) is 5.10 Å². The molecule has 0 bridgehead atoms. The van der Waals surface area contributed by atoms with Crippen molar-refractivity contribution in [2.75, 3.05) is 0 Å². The van der Waals surface area contributed by atoms with Gasteiger partial charge in [0.1, 0.15) is 16.9 Å². The van der Waals surface area contributed by atoms with E-state index in [0.717, 1.165) is 17.1 Å². The molecular weight excluding hydrogens is 469 g/mol. The Morgan fingerprint density at radius 2 is 2.03 bits per heavy atom. The molecule has 0 aliphatic carbocycles. The topological polar surface area (TPSA) is 113 Å². The molecule has 5 rings (SSSR count). The van der Waals surface area contributed by atoms with Crippen LogP contribution in [0.15, 0.2) is 61.0 Å². The molecule has 37 heavy (non-hydrogen) atoms. The van der Waals surface area contributed by atoms with Crippen molar-refractivity contribution in [1.29, 1.82) is 0 Å². The van der Waals surface area contributed by atoms with E-state index in [1.54, 1.807) is 18.7 Å². The number of pyridine rings is 2. The summed E-state index contributed by atoms with van der Waals surface area (Å²) in [7, 11) is 0. The van der Waals surface area contributed by atoms with Crippen molar-refractivity contribution in [3.05, 3.63) is 78.2 Å². The first-order chi connectivity index (χ1) is 17.9. The molecule has 0 amide bonds. The highest BCUT2D eigenvalue weighted by molar-refractivity contribution is 5.95. The van der Waals surface area contributed by atoms with E-state index in [1.807, 2.05) is 61.9 Å². The quantitative estimate of drug-likeness (QED) is 0.260. The fraction of sp³-hybridized carbons (Fsp3) is 0.222. The molecule has 5 aromatic rings. The summed E-state index contributed by atoms with van der Waals surface area (Å²) in [6.07, 6.45) is 14.5. The highest BCUT2D eigenvalue weighted by Gasteiger charge is 2.21. The van der Waals surface area contributed by atoms with Gasteiger partial charge in [-0.05, 0) is 52.8 Å². The first-order valence-electron chi connectivity index (χ1n) is 12.1. The molecule has 0 fully saturated rings. The Labute approximate surface area is 213 Å². The molecule has 0 spiro atoms. The Morgan fingerprint density at radius 3 is 2.73 bits per heavy atom. The van der Waals surface area contributed by atoms with Gasteiger partial charge in [0, 0.05) is 29.7 Å². The van der Waals surface area contributed by atoms with Crippen molar-refractivity contribution >= 4 is 27.6 Å². The molecule has 10 heteroatoms. The number of aromatic amines is 2. The number of halogens is 1. The summed E-state index contributed by atoms with van der Waals surface area (Å²) in [5.74, 6) is -0.0726. The SMILES string of the molecule is C/C=C/C(=C\C(=C/C)c1ncc2[nH]nc(-c3nc4nccc(-n5cnc(C)c5)c4[nH]3)c2c1F)NC(C)C. The van der Waals surface area contributed by atoms with Crippen molar-refractivity contribution in [2.24, 2.45) is 0 Å². The second-order valence-corrected chi connectivity index (χ2v) is 8.96. The number of hydrogen-bond acceptors (Lipinski definition) is 6. The van der Waals surface area contributed by atoms with E-state index in [0.29, 0.717) is 39.2 Å². The number of aryl methyl sites for hydroxylation is 1. The van der Waals surface area contributed by atoms with E-state index in [-0.39, 0.29) is 11.7 Å². The molecule has 0 saturated heterocycles. The van der Waals surface area contributed by atoms with E-state index in [1.165, 1.54) is 0 Å². The minimum Gasteiger partial charge on any atom is -0.383 e. The van der Waals surface area contributed by atoms with Crippen LogP contribution in [0.5, 0.6) is 0 Å². The van der Waals surface area contributed by atoms with Gasteiger partial charge in [0.2, 0.25) is 0 Å². The van der Waals surface area contributed by atoms with Gasteiger partial charge in [0.05, 0.1) is 34.8 Å². The van der Waals surface area contributed by atoms with Gasteiger partial charge in [0.15, 0.2) is 17.3 Å². The van der Waals surface area contributed by atoms with E-state index < -0.39 is 5.82 Å². The average molecular weight is 498 g/mol. The third-order valence-electron chi connectivity index (χ3n) is 5.83. The summed E-state index contributed by atoms with van der Waals surface area (Å²) in [5, 5.41) is 10.9. The maximum absolute atomic E-state index is 16.1. The Balaban J connectivity index is 1.63. The molecular formula is C27H28FN9. The van der Waals surface area contributed by atoms with Crippen LogP contribution in [0.1, 0.15) is 39.1 Å². The number of rotatable bonds is 7. The van der Waals surface area contributed by atoms with Gasteiger partial charge in [0.25, 0.3) is 0 Å². The molecule has 3 N–H and O–H groups in total. The second kappa shape index (κ2) is 9.81. The number of fused-ring (bicyclic) bond motifs is 2. The minimum atomic E-state index is -0.478.